The zero-order chi connectivity index (χ0) is 13.9. The lowest BCUT2D eigenvalue weighted by Crippen LogP contribution is -2.40. The molecule has 1 aromatic carbocycles. The van der Waals surface area contributed by atoms with Crippen LogP contribution in [0.3, 0.4) is 0 Å². The predicted octanol–water partition coefficient (Wildman–Crippen LogP) is 1.44. The first-order valence-electron chi connectivity index (χ1n) is 6.82. The second-order valence-electron chi connectivity index (χ2n) is 4.56. The molecule has 20 heavy (non-hydrogen) atoms. The van der Waals surface area contributed by atoms with Crippen molar-refractivity contribution in [3.05, 3.63) is 47.8 Å². The number of benzene rings is 1. The van der Waals surface area contributed by atoms with Crippen molar-refractivity contribution >= 4 is 5.84 Å². The molecule has 0 amide bonds. The Bertz CT molecular complexity index is 630. The molecular weight excluding hydrogens is 252 g/mol. The normalized spacial score (nSPS) is 14.3. The lowest BCUT2D eigenvalue weighted by Gasteiger charge is -2.14. The molecule has 0 atom stereocenters. The third-order valence-corrected chi connectivity index (χ3v) is 3.38. The molecule has 0 radical (unpaired) electrons. The van der Waals surface area contributed by atoms with Gasteiger partial charge in [-0.3, -0.25) is 5.01 Å². The van der Waals surface area contributed by atoms with Gasteiger partial charge in [-0.15, -0.1) is 10.6 Å². The van der Waals surface area contributed by atoms with E-state index in [1.807, 2.05) is 28.2 Å². The maximum atomic E-state index is 4.46. The minimum Gasteiger partial charge on any atom is -0.271 e. The number of para-hydroxylation sites is 1. The second kappa shape index (κ2) is 5.34. The first-order chi connectivity index (χ1) is 9.83. The molecule has 0 spiro atoms. The van der Waals surface area contributed by atoms with E-state index >= 15 is 0 Å². The molecule has 0 unspecified atom stereocenters. The highest BCUT2D eigenvalue weighted by Gasteiger charge is 2.18. The Kier molecular flexibility index (Phi) is 3.39. The summed E-state index contributed by atoms with van der Waals surface area (Å²) >= 11 is 0. The molecule has 6 nitrogen and oxygen atoms in total. The van der Waals surface area contributed by atoms with Crippen molar-refractivity contribution < 1.29 is 0 Å². The third kappa shape index (κ3) is 2.14. The van der Waals surface area contributed by atoms with E-state index < -0.39 is 0 Å². The van der Waals surface area contributed by atoms with Gasteiger partial charge in [0.1, 0.15) is 0 Å². The van der Waals surface area contributed by atoms with Crippen LogP contribution >= 0.6 is 0 Å². The van der Waals surface area contributed by atoms with Crippen LogP contribution in [-0.2, 0) is 6.42 Å². The Morgan fingerprint density at radius 1 is 1.20 bits per heavy atom. The van der Waals surface area contributed by atoms with Gasteiger partial charge in [0.25, 0.3) is 0 Å². The molecule has 0 saturated carbocycles. The summed E-state index contributed by atoms with van der Waals surface area (Å²) in [5, 5.41) is 10.6. The molecule has 0 saturated heterocycles. The SMILES string of the molecule is CCc1ccccc1-n1cc(C2=NNNN2CC)cn1. The fraction of sp³-hybridized carbons (Fsp3) is 0.286. The first-order valence-corrected chi connectivity index (χ1v) is 6.82. The van der Waals surface area contributed by atoms with E-state index in [4.69, 9.17) is 0 Å². The fourth-order valence-electron chi connectivity index (χ4n) is 2.30. The van der Waals surface area contributed by atoms with E-state index in [2.05, 4.69) is 53.3 Å². The standard InChI is InChI=1S/C14H18N6/c1-3-11-7-5-6-8-13(11)20-10-12(9-15-20)14-16-17-18-19(14)4-2/h5-10,17-18H,3-4H2,1-2H3. The number of hydrogen-bond acceptors (Lipinski definition) is 5. The first kappa shape index (κ1) is 12.7. The quantitative estimate of drug-likeness (QED) is 0.882. The topological polar surface area (TPSA) is 57.5 Å². The smallest absolute Gasteiger partial charge is 0.176 e. The van der Waals surface area contributed by atoms with Gasteiger partial charge in [0.15, 0.2) is 5.84 Å². The molecule has 1 aliphatic rings. The molecule has 0 bridgehead atoms. The molecule has 3 rings (SSSR count). The molecule has 0 aliphatic carbocycles. The molecule has 0 fully saturated rings. The molecule has 2 N–H and O–H groups in total. The van der Waals surface area contributed by atoms with Crippen molar-refractivity contribution in [2.24, 2.45) is 5.10 Å². The van der Waals surface area contributed by atoms with Crippen LogP contribution in [0.2, 0.25) is 0 Å². The van der Waals surface area contributed by atoms with E-state index in [0.717, 1.165) is 30.1 Å². The highest BCUT2D eigenvalue weighted by atomic mass is 15.8. The lowest BCUT2D eigenvalue weighted by atomic mass is 10.1. The number of nitrogens with zero attached hydrogens (tertiary/aromatic N) is 4. The Balaban J connectivity index is 1.94. The molecular formula is C14H18N6. The molecule has 1 aliphatic heterocycles. The average Bonchev–Trinajstić information content (AvgIpc) is 3.15. The number of hydrogen-bond donors (Lipinski definition) is 2. The average molecular weight is 270 g/mol. The van der Waals surface area contributed by atoms with Crippen molar-refractivity contribution in [3.63, 3.8) is 0 Å². The van der Waals surface area contributed by atoms with Gasteiger partial charge in [-0.05, 0) is 25.0 Å². The summed E-state index contributed by atoms with van der Waals surface area (Å²) in [5.74, 6) is 0.854. The van der Waals surface area contributed by atoms with Gasteiger partial charge in [-0.2, -0.15) is 5.10 Å². The fourth-order valence-corrected chi connectivity index (χ4v) is 2.30. The van der Waals surface area contributed by atoms with E-state index in [1.54, 1.807) is 0 Å². The number of rotatable bonds is 4. The molecule has 6 heteroatoms. The maximum Gasteiger partial charge on any atom is 0.176 e. The van der Waals surface area contributed by atoms with Crippen molar-refractivity contribution in [2.45, 2.75) is 20.3 Å². The van der Waals surface area contributed by atoms with Crippen molar-refractivity contribution in [1.29, 1.82) is 0 Å². The second-order valence-corrected chi connectivity index (χ2v) is 4.56. The van der Waals surface area contributed by atoms with Crippen LogP contribution in [0, 0.1) is 0 Å². The highest BCUT2D eigenvalue weighted by molar-refractivity contribution is 5.98. The monoisotopic (exact) mass is 270 g/mol. The number of nitrogens with one attached hydrogen (secondary N) is 2. The highest BCUT2D eigenvalue weighted by Crippen LogP contribution is 2.16. The molecule has 1 aromatic heterocycles. The predicted molar refractivity (Wildman–Crippen MR) is 78.1 cm³/mol. The summed E-state index contributed by atoms with van der Waals surface area (Å²) in [6, 6.07) is 8.30. The number of hydrazine groups is 2. The van der Waals surface area contributed by atoms with E-state index in [1.165, 1.54) is 5.56 Å². The van der Waals surface area contributed by atoms with Crippen LogP contribution in [0.4, 0.5) is 0 Å². The van der Waals surface area contributed by atoms with Gasteiger partial charge in [0.2, 0.25) is 0 Å². The van der Waals surface area contributed by atoms with Gasteiger partial charge >= 0.3 is 0 Å². The van der Waals surface area contributed by atoms with Gasteiger partial charge in [-0.1, -0.05) is 25.1 Å². The van der Waals surface area contributed by atoms with Crippen LogP contribution in [0.1, 0.15) is 25.0 Å². The number of amidine groups is 1. The van der Waals surface area contributed by atoms with Gasteiger partial charge in [-0.25, -0.2) is 10.2 Å². The van der Waals surface area contributed by atoms with Gasteiger partial charge in [0, 0.05) is 12.7 Å². The summed E-state index contributed by atoms with van der Waals surface area (Å²) in [6.45, 7) is 5.03. The maximum absolute atomic E-state index is 4.46. The zero-order valence-corrected chi connectivity index (χ0v) is 11.7. The van der Waals surface area contributed by atoms with E-state index in [9.17, 15) is 0 Å². The van der Waals surface area contributed by atoms with Gasteiger partial charge < -0.3 is 0 Å². The molecule has 104 valence electrons. The number of hydrazone groups is 1. The van der Waals surface area contributed by atoms with Crippen LogP contribution in [0.15, 0.2) is 41.8 Å². The van der Waals surface area contributed by atoms with E-state index in [-0.39, 0.29) is 0 Å². The van der Waals surface area contributed by atoms with Crippen molar-refractivity contribution in [3.8, 4) is 5.69 Å². The summed E-state index contributed by atoms with van der Waals surface area (Å²) < 4.78 is 1.91. The number of aromatic nitrogens is 2. The summed E-state index contributed by atoms with van der Waals surface area (Å²) in [7, 11) is 0. The summed E-state index contributed by atoms with van der Waals surface area (Å²) in [6.07, 6.45) is 4.82. The molecule has 2 heterocycles. The largest absolute Gasteiger partial charge is 0.271 e. The minimum atomic E-state index is 0.822. The lowest BCUT2D eigenvalue weighted by molar-refractivity contribution is 0.308. The zero-order valence-electron chi connectivity index (χ0n) is 11.7. The van der Waals surface area contributed by atoms with Crippen molar-refractivity contribution in [1.82, 2.24) is 25.9 Å². The van der Waals surface area contributed by atoms with E-state index in [0.29, 0.717) is 0 Å². The van der Waals surface area contributed by atoms with Crippen LogP contribution in [0.5, 0.6) is 0 Å². The third-order valence-electron chi connectivity index (χ3n) is 3.38. The number of aryl methyl sites for hydroxylation is 1. The van der Waals surface area contributed by atoms with Crippen molar-refractivity contribution in [2.75, 3.05) is 6.54 Å². The molecule has 2 aromatic rings. The minimum absolute atomic E-state index is 0.822. The summed E-state index contributed by atoms with van der Waals surface area (Å²) in [5.41, 5.74) is 9.11. The van der Waals surface area contributed by atoms with Crippen LogP contribution in [0.25, 0.3) is 5.69 Å². The van der Waals surface area contributed by atoms with Crippen LogP contribution in [-0.4, -0.2) is 27.2 Å². The summed E-state index contributed by atoms with van der Waals surface area (Å²) in [4.78, 5) is 0. The van der Waals surface area contributed by atoms with Gasteiger partial charge in [0.05, 0.1) is 17.4 Å². The Labute approximate surface area is 118 Å². The Morgan fingerprint density at radius 2 is 2.05 bits per heavy atom. The Hall–Kier alpha value is -2.34. The Morgan fingerprint density at radius 3 is 2.85 bits per heavy atom. The van der Waals surface area contributed by atoms with Crippen LogP contribution < -0.4 is 11.1 Å².